The predicted octanol–water partition coefficient (Wildman–Crippen LogP) is 2.68. The second-order valence-electron chi connectivity index (χ2n) is 6.74. The van der Waals surface area contributed by atoms with Gasteiger partial charge in [-0.05, 0) is 42.1 Å². The van der Waals surface area contributed by atoms with Crippen LogP contribution in [0.15, 0.2) is 0 Å². The largest absolute Gasteiger partial charge is 0.381 e. The van der Waals surface area contributed by atoms with E-state index in [1.54, 1.807) is 0 Å². The normalized spacial score (nSPS) is 32.6. The lowest BCUT2D eigenvalue weighted by atomic mass is 10.0. The Morgan fingerprint density at radius 1 is 1.12 bits per heavy atom. The molecule has 1 atom stereocenters. The second kappa shape index (κ2) is 4.30. The Morgan fingerprint density at radius 3 is 2.31 bits per heavy atom. The van der Waals surface area contributed by atoms with Crippen molar-refractivity contribution in [3.05, 3.63) is 0 Å². The number of hydrogen-bond donors (Lipinski definition) is 1. The molecule has 0 bridgehead atoms. The molecule has 0 aromatic rings. The summed E-state index contributed by atoms with van der Waals surface area (Å²) < 4.78 is 5.50. The minimum absolute atomic E-state index is 0.517. The molecule has 1 heterocycles. The summed E-state index contributed by atoms with van der Waals surface area (Å²) in [5, 5.41) is 3.65. The van der Waals surface area contributed by atoms with Gasteiger partial charge in [-0.1, -0.05) is 27.7 Å². The van der Waals surface area contributed by atoms with Gasteiger partial charge in [0.2, 0.25) is 0 Å². The van der Waals surface area contributed by atoms with Crippen molar-refractivity contribution in [3.63, 3.8) is 0 Å². The first kappa shape index (κ1) is 12.4. The SMILES string of the molecule is CC1(C)C(CNCC2CCCOC2)C1(C)C. The molecule has 0 radical (unpaired) electrons. The maximum Gasteiger partial charge on any atom is 0.0506 e. The Bertz CT molecular complexity index is 227. The van der Waals surface area contributed by atoms with Crippen LogP contribution in [0.3, 0.4) is 0 Å². The molecule has 16 heavy (non-hydrogen) atoms. The van der Waals surface area contributed by atoms with E-state index in [0.29, 0.717) is 10.8 Å². The molecule has 2 aliphatic rings. The Kier molecular flexibility index (Phi) is 3.33. The molecule has 1 aliphatic heterocycles. The van der Waals surface area contributed by atoms with E-state index in [0.717, 1.165) is 31.6 Å². The van der Waals surface area contributed by atoms with E-state index in [1.807, 2.05) is 0 Å². The molecule has 2 fully saturated rings. The predicted molar refractivity (Wildman–Crippen MR) is 67.5 cm³/mol. The third-order valence-electron chi connectivity index (χ3n) is 5.36. The van der Waals surface area contributed by atoms with Gasteiger partial charge in [0, 0.05) is 13.2 Å². The molecular weight excluding hydrogens is 198 g/mol. The van der Waals surface area contributed by atoms with E-state index in [1.165, 1.54) is 19.4 Å². The van der Waals surface area contributed by atoms with Crippen LogP contribution in [0.1, 0.15) is 40.5 Å². The molecule has 0 aromatic carbocycles. The number of nitrogens with one attached hydrogen (secondary N) is 1. The van der Waals surface area contributed by atoms with Crippen molar-refractivity contribution in [3.8, 4) is 0 Å². The van der Waals surface area contributed by atoms with Gasteiger partial charge < -0.3 is 10.1 Å². The first-order valence-electron chi connectivity index (χ1n) is 6.74. The van der Waals surface area contributed by atoms with Gasteiger partial charge >= 0.3 is 0 Å². The number of hydrogen-bond acceptors (Lipinski definition) is 2. The number of ether oxygens (including phenoxy) is 1. The van der Waals surface area contributed by atoms with Crippen molar-refractivity contribution >= 4 is 0 Å². The monoisotopic (exact) mass is 225 g/mol. The minimum atomic E-state index is 0.517. The zero-order valence-electron chi connectivity index (χ0n) is 11.3. The lowest BCUT2D eigenvalue weighted by Gasteiger charge is -2.22. The van der Waals surface area contributed by atoms with Crippen LogP contribution in [0.4, 0.5) is 0 Å². The first-order valence-corrected chi connectivity index (χ1v) is 6.74. The van der Waals surface area contributed by atoms with Crippen molar-refractivity contribution in [2.45, 2.75) is 40.5 Å². The van der Waals surface area contributed by atoms with Crippen LogP contribution < -0.4 is 5.32 Å². The molecule has 1 saturated heterocycles. The van der Waals surface area contributed by atoms with Crippen LogP contribution in [0.25, 0.3) is 0 Å². The van der Waals surface area contributed by atoms with Crippen LogP contribution in [-0.4, -0.2) is 26.3 Å². The van der Waals surface area contributed by atoms with E-state index in [4.69, 9.17) is 4.74 Å². The molecule has 94 valence electrons. The van der Waals surface area contributed by atoms with Crippen molar-refractivity contribution in [1.82, 2.24) is 5.32 Å². The summed E-state index contributed by atoms with van der Waals surface area (Å²) in [6.07, 6.45) is 2.58. The lowest BCUT2D eigenvalue weighted by molar-refractivity contribution is 0.0547. The van der Waals surface area contributed by atoms with Gasteiger partial charge in [-0.2, -0.15) is 0 Å². The van der Waals surface area contributed by atoms with Crippen LogP contribution >= 0.6 is 0 Å². The second-order valence-corrected chi connectivity index (χ2v) is 6.74. The first-order chi connectivity index (χ1) is 7.46. The molecule has 2 nitrogen and oxygen atoms in total. The molecule has 0 spiro atoms. The van der Waals surface area contributed by atoms with Crippen molar-refractivity contribution in [2.75, 3.05) is 26.3 Å². The summed E-state index contributed by atoms with van der Waals surface area (Å²) in [5.74, 6) is 1.59. The van der Waals surface area contributed by atoms with Crippen LogP contribution in [0.2, 0.25) is 0 Å². The summed E-state index contributed by atoms with van der Waals surface area (Å²) in [5.41, 5.74) is 1.03. The average Bonchev–Trinajstić information content (AvgIpc) is 2.62. The quantitative estimate of drug-likeness (QED) is 0.794. The summed E-state index contributed by atoms with van der Waals surface area (Å²) in [6, 6.07) is 0. The Balaban J connectivity index is 1.66. The van der Waals surface area contributed by atoms with E-state index in [-0.39, 0.29) is 0 Å². The van der Waals surface area contributed by atoms with Gasteiger partial charge in [-0.25, -0.2) is 0 Å². The van der Waals surface area contributed by atoms with Gasteiger partial charge in [0.25, 0.3) is 0 Å². The topological polar surface area (TPSA) is 21.3 Å². The lowest BCUT2D eigenvalue weighted by Crippen LogP contribution is -2.31. The molecule has 0 aromatic heterocycles. The summed E-state index contributed by atoms with van der Waals surface area (Å²) in [6.45, 7) is 13.8. The maximum absolute atomic E-state index is 5.50. The molecule has 1 saturated carbocycles. The van der Waals surface area contributed by atoms with E-state index < -0.39 is 0 Å². The molecule has 0 amide bonds. The van der Waals surface area contributed by atoms with Gasteiger partial charge in [0.05, 0.1) is 6.61 Å². The van der Waals surface area contributed by atoms with Gasteiger partial charge in [0.15, 0.2) is 0 Å². The van der Waals surface area contributed by atoms with Crippen molar-refractivity contribution in [2.24, 2.45) is 22.7 Å². The smallest absolute Gasteiger partial charge is 0.0506 e. The van der Waals surface area contributed by atoms with Crippen molar-refractivity contribution in [1.29, 1.82) is 0 Å². The standard InChI is InChI=1S/C14H27NO/c1-13(2)12(14(13,3)4)9-15-8-11-6-5-7-16-10-11/h11-12,15H,5-10H2,1-4H3. The molecule has 1 N–H and O–H groups in total. The van der Waals surface area contributed by atoms with Gasteiger partial charge in [-0.3, -0.25) is 0 Å². The highest BCUT2D eigenvalue weighted by atomic mass is 16.5. The van der Waals surface area contributed by atoms with E-state index >= 15 is 0 Å². The molecule has 1 aliphatic carbocycles. The van der Waals surface area contributed by atoms with Gasteiger partial charge in [-0.15, -0.1) is 0 Å². The van der Waals surface area contributed by atoms with Gasteiger partial charge in [0.1, 0.15) is 0 Å². The van der Waals surface area contributed by atoms with Crippen molar-refractivity contribution < 1.29 is 4.74 Å². The summed E-state index contributed by atoms with van der Waals surface area (Å²) in [4.78, 5) is 0. The minimum Gasteiger partial charge on any atom is -0.381 e. The van der Waals surface area contributed by atoms with E-state index in [2.05, 4.69) is 33.0 Å². The van der Waals surface area contributed by atoms with Crippen LogP contribution in [0.5, 0.6) is 0 Å². The molecule has 1 unspecified atom stereocenters. The highest BCUT2D eigenvalue weighted by Gasteiger charge is 2.63. The Hall–Kier alpha value is -0.0800. The fourth-order valence-corrected chi connectivity index (χ4v) is 3.24. The van der Waals surface area contributed by atoms with E-state index in [9.17, 15) is 0 Å². The third-order valence-corrected chi connectivity index (χ3v) is 5.36. The molecule has 2 rings (SSSR count). The summed E-state index contributed by atoms with van der Waals surface area (Å²) in [7, 11) is 0. The van der Waals surface area contributed by atoms with Crippen LogP contribution in [0, 0.1) is 22.7 Å². The molecule has 2 heteroatoms. The highest BCUT2D eigenvalue weighted by molar-refractivity contribution is 5.12. The number of rotatable bonds is 4. The average molecular weight is 225 g/mol. The fourth-order valence-electron chi connectivity index (χ4n) is 3.24. The zero-order chi connectivity index (χ0) is 11.8. The zero-order valence-corrected chi connectivity index (χ0v) is 11.3. The highest BCUT2D eigenvalue weighted by Crippen LogP contribution is 2.67. The maximum atomic E-state index is 5.50. The Morgan fingerprint density at radius 2 is 1.81 bits per heavy atom. The Labute approximate surface area is 100 Å². The molecular formula is C14H27NO. The fraction of sp³-hybridized carbons (Fsp3) is 1.00. The van der Waals surface area contributed by atoms with Crippen LogP contribution in [-0.2, 0) is 4.74 Å². The third kappa shape index (κ3) is 2.14. The summed E-state index contributed by atoms with van der Waals surface area (Å²) >= 11 is 0.